The standard InChI is InChI=1S/C14H28N2O2/c1-10(2)13(14(17)18-5)15-11(3)12-6-8-16(4)9-7-12/h10-13,15H,6-9H2,1-5H3. The molecule has 4 heteroatoms. The highest BCUT2D eigenvalue weighted by Gasteiger charge is 2.29. The zero-order valence-corrected chi connectivity index (χ0v) is 12.4. The fraction of sp³-hybridized carbons (Fsp3) is 0.929. The van der Waals surface area contributed by atoms with Gasteiger partial charge in [-0.25, -0.2) is 0 Å². The number of piperidine rings is 1. The first-order chi connectivity index (χ1) is 8.45. The molecule has 1 heterocycles. The fourth-order valence-electron chi connectivity index (χ4n) is 2.61. The lowest BCUT2D eigenvalue weighted by molar-refractivity contribution is -0.144. The van der Waals surface area contributed by atoms with Crippen LogP contribution in [0.15, 0.2) is 0 Å². The van der Waals surface area contributed by atoms with Crippen LogP contribution in [0.4, 0.5) is 0 Å². The Hall–Kier alpha value is -0.610. The Balaban J connectivity index is 2.50. The normalized spacial score (nSPS) is 21.9. The van der Waals surface area contributed by atoms with Crippen molar-refractivity contribution in [3.8, 4) is 0 Å². The van der Waals surface area contributed by atoms with Crippen LogP contribution in [0.3, 0.4) is 0 Å². The number of likely N-dealkylation sites (tertiary alicyclic amines) is 1. The van der Waals surface area contributed by atoms with Crippen molar-refractivity contribution in [2.75, 3.05) is 27.2 Å². The van der Waals surface area contributed by atoms with Gasteiger partial charge in [0.05, 0.1) is 7.11 Å². The first kappa shape index (κ1) is 15.4. The molecule has 18 heavy (non-hydrogen) atoms. The quantitative estimate of drug-likeness (QED) is 0.757. The Morgan fingerprint density at radius 3 is 2.28 bits per heavy atom. The van der Waals surface area contributed by atoms with Crippen LogP contribution < -0.4 is 5.32 Å². The highest BCUT2D eigenvalue weighted by atomic mass is 16.5. The van der Waals surface area contributed by atoms with Gasteiger partial charge in [-0.15, -0.1) is 0 Å². The van der Waals surface area contributed by atoms with Gasteiger partial charge in [-0.2, -0.15) is 0 Å². The van der Waals surface area contributed by atoms with E-state index in [1.165, 1.54) is 20.0 Å². The van der Waals surface area contributed by atoms with Crippen LogP contribution in [0.5, 0.6) is 0 Å². The number of nitrogens with one attached hydrogen (secondary N) is 1. The maximum absolute atomic E-state index is 11.7. The number of hydrogen-bond acceptors (Lipinski definition) is 4. The number of nitrogens with zero attached hydrogens (tertiary/aromatic N) is 1. The molecule has 1 rings (SSSR count). The molecule has 0 amide bonds. The molecule has 1 N–H and O–H groups in total. The van der Waals surface area contributed by atoms with Crippen LogP contribution in [0.2, 0.25) is 0 Å². The maximum Gasteiger partial charge on any atom is 0.323 e. The summed E-state index contributed by atoms with van der Waals surface area (Å²) < 4.78 is 4.87. The van der Waals surface area contributed by atoms with Crippen molar-refractivity contribution >= 4 is 5.97 Å². The molecule has 1 aliphatic heterocycles. The minimum absolute atomic E-state index is 0.148. The third-order valence-electron chi connectivity index (χ3n) is 4.03. The van der Waals surface area contributed by atoms with Gasteiger partial charge in [-0.05, 0) is 51.7 Å². The number of rotatable bonds is 5. The van der Waals surface area contributed by atoms with Gasteiger partial charge >= 0.3 is 5.97 Å². The van der Waals surface area contributed by atoms with Crippen molar-refractivity contribution in [3.63, 3.8) is 0 Å². The minimum Gasteiger partial charge on any atom is -0.468 e. The van der Waals surface area contributed by atoms with Crippen LogP contribution in [0, 0.1) is 11.8 Å². The molecule has 0 aromatic heterocycles. The Morgan fingerprint density at radius 1 is 1.28 bits per heavy atom. The van der Waals surface area contributed by atoms with Crippen molar-refractivity contribution < 1.29 is 9.53 Å². The van der Waals surface area contributed by atoms with Crippen LogP contribution >= 0.6 is 0 Å². The Labute approximate surface area is 111 Å². The van der Waals surface area contributed by atoms with E-state index in [1.54, 1.807) is 0 Å². The van der Waals surface area contributed by atoms with Crippen LogP contribution in [-0.2, 0) is 9.53 Å². The van der Waals surface area contributed by atoms with Gasteiger partial charge < -0.3 is 15.0 Å². The predicted octanol–water partition coefficient (Wildman–Crippen LogP) is 1.50. The van der Waals surface area contributed by atoms with Gasteiger partial charge in [-0.3, -0.25) is 4.79 Å². The number of methoxy groups -OCH3 is 1. The lowest BCUT2D eigenvalue weighted by atomic mass is 9.89. The molecule has 1 fully saturated rings. The monoisotopic (exact) mass is 256 g/mol. The Bertz CT molecular complexity index is 261. The van der Waals surface area contributed by atoms with E-state index >= 15 is 0 Å². The second-order valence-electron chi connectivity index (χ2n) is 5.84. The number of carbonyl (C=O) groups is 1. The van der Waals surface area contributed by atoms with Crippen molar-refractivity contribution in [2.24, 2.45) is 11.8 Å². The lowest BCUT2D eigenvalue weighted by Crippen LogP contribution is -2.50. The molecule has 2 atom stereocenters. The highest BCUT2D eigenvalue weighted by molar-refractivity contribution is 5.75. The van der Waals surface area contributed by atoms with Gasteiger partial charge in [0.1, 0.15) is 6.04 Å². The van der Waals surface area contributed by atoms with Gasteiger partial charge in [0.25, 0.3) is 0 Å². The number of ether oxygens (including phenoxy) is 1. The molecule has 4 nitrogen and oxygen atoms in total. The smallest absolute Gasteiger partial charge is 0.323 e. The summed E-state index contributed by atoms with van der Waals surface area (Å²) in [4.78, 5) is 14.1. The van der Waals surface area contributed by atoms with E-state index in [2.05, 4.69) is 38.0 Å². The number of carbonyl (C=O) groups excluding carboxylic acids is 1. The topological polar surface area (TPSA) is 41.6 Å². The summed E-state index contributed by atoms with van der Waals surface area (Å²) >= 11 is 0. The van der Waals surface area contributed by atoms with E-state index in [0.717, 1.165) is 13.1 Å². The van der Waals surface area contributed by atoms with Crippen LogP contribution in [-0.4, -0.2) is 50.2 Å². The SMILES string of the molecule is COC(=O)C(NC(C)C1CCN(C)CC1)C(C)C. The molecule has 0 saturated carbocycles. The molecule has 0 bridgehead atoms. The summed E-state index contributed by atoms with van der Waals surface area (Å²) in [7, 11) is 3.62. The Kier molecular flexibility index (Phi) is 6.09. The van der Waals surface area contributed by atoms with Crippen molar-refractivity contribution in [3.05, 3.63) is 0 Å². The average Bonchev–Trinajstić information content (AvgIpc) is 2.35. The summed E-state index contributed by atoms with van der Waals surface area (Å²) in [6.07, 6.45) is 2.41. The van der Waals surface area contributed by atoms with Gasteiger partial charge in [0.15, 0.2) is 0 Å². The van der Waals surface area contributed by atoms with Crippen molar-refractivity contribution in [1.29, 1.82) is 0 Å². The first-order valence-corrected chi connectivity index (χ1v) is 6.98. The zero-order valence-electron chi connectivity index (χ0n) is 12.4. The zero-order chi connectivity index (χ0) is 13.7. The van der Waals surface area contributed by atoms with Crippen molar-refractivity contribution in [2.45, 2.75) is 45.7 Å². The number of esters is 1. The molecule has 0 spiro atoms. The van der Waals surface area contributed by atoms with E-state index in [4.69, 9.17) is 4.74 Å². The molecule has 1 aliphatic rings. The van der Waals surface area contributed by atoms with E-state index in [0.29, 0.717) is 12.0 Å². The van der Waals surface area contributed by atoms with Crippen LogP contribution in [0.1, 0.15) is 33.6 Å². The molecule has 0 radical (unpaired) electrons. The largest absolute Gasteiger partial charge is 0.468 e. The molecule has 2 unspecified atom stereocenters. The average molecular weight is 256 g/mol. The van der Waals surface area contributed by atoms with E-state index in [-0.39, 0.29) is 17.9 Å². The minimum atomic E-state index is -0.190. The second kappa shape index (κ2) is 7.10. The number of hydrogen-bond donors (Lipinski definition) is 1. The van der Waals surface area contributed by atoms with Crippen molar-refractivity contribution in [1.82, 2.24) is 10.2 Å². The molecule has 1 saturated heterocycles. The Morgan fingerprint density at radius 2 is 1.83 bits per heavy atom. The maximum atomic E-state index is 11.7. The van der Waals surface area contributed by atoms with Gasteiger partial charge in [0.2, 0.25) is 0 Å². The summed E-state index contributed by atoms with van der Waals surface area (Å²) in [5.74, 6) is 0.767. The summed E-state index contributed by atoms with van der Waals surface area (Å²) in [5, 5.41) is 3.46. The molecule has 0 aromatic carbocycles. The predicted molar refractivity (Wildman–Crippen MR) is 73.5 cm³/mol. The van der Waals surface area contributed by atoms with E-state index < -0.39 is 0 Å². The molecular weight excluding hydrogens is 228 g/mol. The third-order valence-corrected chi connectivity index (χ3v) is 4.03. The highest BCUT2D eigenvalue weighted by Crippen LogP contribution is 2.20. The second-order valence-corrected chi connectivity index (χ2v) is 5.84. The molecule has 0 aliphatic carbocycles. The first-order valence-electron chi connectivity index (χ1n) is 6.98. The van der Waals surface area contributed by atoms with Crippen LogP contribution in [0.25, 0.3) is 0 Å². The molecule has 0 aromatic rings. The summed E-state index contributed by atoms with van der Waals surface area (Å²) in [5.41, 5.74) is 0. The van der Waals surface area contributed by atoms with Gasteiger partial charge in [-0.1, -0.05) is 13.8 Å². The lowest BCUT2D eigenvalue weighted by Gasteiger charge is -2.35. The molecule has 106 valence electrons. The van der Waals surface area contributed by atoms with Gasteiger partial charge in [0, 0.05) is 6.04 Å². The third kappa shape index (κ3) is 4.25. The van der Waals surface area contributed by atoms with E-state index in [9.17, 15) is 4.79 Å². The summed E-state index contributed by atoms with van der Waals surface area (Å²) in [6, 6.07) is 0.176. The molecular formula is C14H28N2O2. The van der Waals surface area contributed by atoms with E-state index in [1.807, 2.05) is 0 Å². The fourth-order valence-corrected chi connectivity index (χ4v) is 2.61. The summed E-state index contributed by atoms with van der Waals surface area (Å²) in [6.45, 7) is 8.60.